The van der Waals surface area contributed by atoms with Gasteiger partial charge in [0.1, 0.15) is 4.83 Å². The summed E-state index contributed by atoms with van der Waals surface area (Å²) in [7, 11) is 2.04. The average Bonchev–Trinajstić information content (AvgIpc) is 3.16. The Morgan fingerprint density at radius 3 is 2.39 bits per heavy atom. The first kappa shape index (κ1) is 19.7. The highest BCUT2D eigenvalue weighted by Gasteiger charge is 2.26. The molecule has 2 aromatic heterocycles. The van der Waals surface area contributed by atoms with Crippen molar-refractivity contribution in [1.29, 1.82) is 0 Å². The summed E-state index contributed by atoms with van der Waals surface area (Å²) in [5.41, 5.74) is 1.26. The van der Waals surface area contributed by atoms with E-state index < -0.39 is 5.69 Å². The van der Waals surface area contributed by atoms with Crippen LogP contribution >= 0.6 is 11.3 Å². The predicted octanol–water partition coefficient (Wildman–Crippen LogP) is 3.08. The van der Waals surface area contributed by atoms with Gasteiger partial charge in [0, 0.05) is 23.5 Å². The van der Waals surface area contributed by atoms with E-state index in [2.05, 4.69) is 4.90 Å². The number of thiophene rings is 1. The molecule has 6 nitrogen and oxygen atoms in total. The van der Waals surface area contributed by atoms with Crippen LogP contribution in [0.3, 0.4) is 0 Å². The molecular formula is C24H21N3O3S. The van der Waals surface area contributed by atoms with E-state index in [-0.39, 0.29) is 17.9 Å². The fourth-order valence-electron chi connectivity index (χ4n) is 4.14. The Morgan fingerprint density at radius 1 is 1.00 bits per heavy atom. The van der Waals surface area contributed by atoms with Crippen LogP contribution in [-0.2, 0) is 19.5 Å². The lowest BCUT2D eigenvalue weighted by molar-refractivity contribution is 0.0972. The van der Waals surface area contributed by atoms with Crippen molar-refractivity contribution >= 4 is 27.3 Å². The Bertz CT molecular complexity index is 1400. The minimum Gasteiger partial charge on any atom is -0.301 e. The Kier molecular flexibility index (Phi) is 4.92. The Morgan fingerprint density at radius 2 is 1.68 bits per heavy atom. The molecule has 0 N–H and O–H groups in total. The summed E-state index contributed by atoms with van der Waals surface area (Å²) in [6, 6.07) is 17.8. The maximum atomic E-state index is 13.5. The van der Waals surface area contributed by atoms with Crippen molar-refractivity contribution < 1.29 is 4.79 Å². The molecule has 0 aliphatic carbocycles. The molecule has 2 aromatic carbocycles. The van der Waals surface area contributed by atoms with Gasteiger partial charge < -0.3 is 4.90 Å². The maximum Gasteiger partial charge on any atom is 0.337 e. The van der Waals surface area contributed by atoms with Gasteiger partial charge in [-0.25, -0.2) is 9.36 Å². The van der Waals surface area contributed by atoms with E-state index in [1.54, 1.807) is 48.5 Å². The molecule has 0 amide bonds. The van der Waals surface area contributed by atoms with Gasteiger partial charge >= 0.3 is 5.69 Å². The zero-order valence-electron chi connectivity index (χ0n) is 17.1. The number of Topliss-reactive ketones (excluding diaryl/α,β-unsaturated/α-hetero) is 1. The first-order valence-electron chi connectivity index (χ1n) is 10.2. The lowest BCUT2D eigenvalue weighted by Crippen LogP contribution is -2.40. The van der Waals surface area contributed by atoms with Gasteiger partial charge in [-0.15, -0.1) is 11.3 Å². The number of aromatic nitrogens is 2. The summed E-state index contributed by atoms with van der Waals surface area (Å²) in [4.78, 5) is 43.9. The van der Waals surface area contributed by atoms with E-state index in [0.29, 0.717) is 21.5 Å². The molecule has 1 aliphatic heterocycles. The number of nitrogens with zero attached hydrogens (tertiary/aromatic N) is 3. The molecule has 0 saturated carbocycles. The average molecular weight is 432 g/mol. The van der Waals surface area contributed by atoms with Gasteiger partial charge in [-0.3, -0.25) is 14.2 Å². The molecule has 3 heterocycles. The first-order valence-corrected chi connectivity index (χ1v) is 11.0. The largest absolute Gasteiger partial charge is 0.337 e. The normalized spacial score (nSPS) is 14.0. The summed E-state index contributed by atoms with van der Waals surface area (Å²) in [5.74, 6) is -0.161. The summed E-state index contributed by atoms with van der Waals surface area (Å²) in [5, 5.41) is 0.567. The van der Waals surface area contributed by atoms with Crippen molar-refractivity contribution in [3.05, 3.63) is 97.5 Å². The van der Waals surface area contributed by atoms with Crippen molar-refractivity contribution in [2.75, 3.05) is 13.6 Å². The molecule has 0 saturated heterocycles. The van der Waals surface area contributed by atoms with E-state index in [9.17, 15) is 14.4 Å². The molecule has 0 radical (unpaired) electrons. The van der Waals surface area contributed by atoms with Gasteiger partial charge in [-0.05, 0) is 31.2 Å². The van der Waals surface area contributed by atoms with Gasteiger partial charge in [0.2, 0.25) is 0 Å². The smallest absolute Gasteiger partial charge is 0.301 e. The van der Waals surface area contributed by atoms with Crippen LogP contribution in [0.5, 0.6) is 0 Å². The topological polar surface area (TPSA) is 64.3 Å². The van der Waals surface area contributed by atoms with Gasteiger partial charge in [0.15, 0.2) is 5.78 Å². The minimum absolute atomic E-state index is 0.109. The number of para-hydroxylation sites is 1. The summed E-state index contributed by atoms with van der Waals surface area (Å²) < 4.78 is 2.67. The Labute approximate surface area is 182 Å². The number of hydrogen-bond acceptors (Lipinski definition) is 5. The number of carbonyl (C=O) groups is 1. The minimum atomic E-state index is -0.486. The number of fused-ring (bicyclic) bond motifs is 3. The molecule has 0 unspecified atom stereocenters. The third kappa shape index (κ3) is 3.36. The molecule has 1 aliphatic rings. The fraction of sp³-hybridized carbons (Fsp3) is 0.208. The molecule has 7 heteroatoms. The molecule has 0 bridgehead atoms. The highest BCUT2D eigenvalue weighted by molar-refractivity contribution is 7.18. The second-order valence-corrected chi connectivity index (χ2v) is 8.89. The third-order valence-corrected chi connectivity index (χ3v) is 6.97. The van der Waals surface area contributed by atoms with Crippen molar-refractivity contribution in [3.63, 3.8) is 0 Å². The lowest BCUT2D eigenvalue weighted by Gasteiger charge is -2.21. The van der Waals surface area contributed by atoms with Crippen LogP contribution < -0.4 is 11.2 Å². The highest BCUT2D eigenvalue weighted by Crippen LogP contribution is 2.32. The monoisotopic (exact) mass is 431 g/mol. The summed E-state index contributed by atoms with van der Waals surface area (Å²) in [6.45, 7) is 1.48. The molecule has 4 aromatic rings. The SMILES string of the molecule is CN1CCc2c(sc3c2c(=O)n(-c2ccccc2)c(=O)n3CC(=O)c2ccccc2)C1. The van der Waals surface area contributed by atoms with Crippen LogP contribution in [0, 0.1) is 0 Å². The second kappa shape index (κ2) is 7.76. The van der Waals surface area contributed by atoms with Crippen LogP contribution in [0.2, 0.25) is 0 Å². The quantitative estimate of drug-likeness (QED) is 0.466. The molecule has 156 valence electrons. The zero-order chi connectivity index (χ0) is 21.5. The van der Waals surface area contributed by atoms with Crippen molar-refractivity contribution in [3.8, 4) is 5.69 Å². The number of hydrogen-bond donors (Lipinski definition) is 0. The Balaban J connectivity index is 1.78. The highest BCUT2D eigenvalue weighted by atomic mass is 32.1. The van der Waals surface area contributed by atoms with E-state index in [0.717, 1.165) is 30.0 Å². The second-order valence-electron chi connectivity index (χ2n) is 7.81. The van der Waals surface area contributed by atoms with Crippen LogP contribution in [0.4, 0.5) is 0 Å². The van der Waals surface area contributed by atoms with Gasteiger partial charge in [-0.1, -0.05) is 48.5 Å². The van der Waals surface area contributed by atoms with E-state index >= 15 is 0 Å². The molecule has 0 fully saturated rings. The number of rotatable bonds is 4. The van der Waals surface area contributed by atoms with E-state index in [1.165, 1.54) is 20.5 Å². The predicted molar refractivity (Wildman–Crippen MR) is 122 cm³/mol. The summed E-state index contributed by atoms with van der Waals surface area (Å²) in [6.07, 6.45) is 0.751. The third-order valence-electron chi connectivity index (χ3n) is 5.73. The number of carbonyl (C=O) groups excluding carboxylic acids is 1. The molecule has 5 rings (SSSR count). The number of likely N-dealkylation sites (N-methyl/N-ethyl adjacent to an activating group) is 1. The molecule has 31 heavy (non-hydrogen) atoms. The maximum absolute atomic E-state index is 13.5. The van der Waals surface area contributed by atoms with Crippen LogP contribution in [0.15, 0.2) is 70.3 Å². The standard InChI is InChI=1S/C24H21N3O3S/c1-25-13-12-18-20(15-25)31-23-21(18)22(29)27(17-10-6-3-7-11-17)24(30)26(23)14-19(28)16-8-4-2-5-9-16/h2-11H,12-15H2,1H3. The lowest BCUT2D eigenvalue weighted by atomic mass is 10.1. The number of ketones is 1. The van der Waals surface area contributed by atoms with Gasteiger partial charge in [0.25, 0.3) is 5.56 Å². The van der Waals surface area contributed by atoms with E-state index in [4.69, 9.17) is 0 Å². The van der Waals surface area contributed by atoms with Crippen LogP contribution in [-0.4, -0.2) is 33.4 Å². The summed E-state index contributed by atoms with van der Waals surface area (Å²) >= 11 is 1.46. The zero-order valence-corrected chi connectivity index (χ0v) is 17.9. The van der Waals surface area contributed by atoms with Crippen molar-refractivity contribution in [2.45, 2.75) is 19.5 Å². The van der Waals surface area contributed by atoms with E-state index in [1.807, 2.05) is 19.2 Å². The molecule has 0 spiro atoms. The fourth-order valence-corrected chi connectivity index (χ4v) is 5.55. The van der Waals surface area contributed by atoms with Crippen molar-refractivity contribution in [1.82, 2.24) is 14.0 Å². The number of benzene rings is 2. The Hall–Kier alpha value is -3.29. The van der Waals surface area contributed by atoms with Gasteiger partial charge in [0.05, 0.1) is 17.6 Å². The van der Waals surface area contributed by atoms with Crippen molar-refractivity contribution in [2.24, 2.45) is 0 Å². The molecule has 0 atom stereocenters. The molecular weight excluding hydrogens is 410 g/mol. The first-order chi connectivity index (χ1) is 15.0. The van der Waals surface area contributed by atoms with Crippen LogP contribution in [0.25, 0.3) is 15.9 Å². The van der Waals surface area contributed by atoms with Crippen LogP contribution in [0.1, 0.15) is 20.8 Å². The van der Waals surface area contributed by atoms with Gasteiger partial charge in [-0.2, -0.15) is 0 Å².